The van der Waals surface area contributed by atoms with Crippen LogP contribution < -0.4 is 5.73 Å². The standard InChI is InChI=1S/C17H20N4S/c1-11-12(2)22-17-15(11)16(18)19-14(20-17)10-21(3)9-13-7-5-4-6-8-13/h4-8H,9-10H2,1-3H3,(H2,18,19,20). The van der Waals surface area contributed by atoms with Gasteiger partial charge in [0.15, 0.2) is 0 Å². The van der Waals surface area contributed by atoms with Gasteiger partial charge in [-0.1, -0.05) is 30.3 Å². The monoisotopic (exact) mass is 312 g/mol. The molecule has 0 bridgehead atoms. The SMILES string of the molecule is Cc1sc2nc(CN(C)Cc3ccccc3)nc(N)c2c1C. The Morgan fingerprint density at radius 1 is 1.09 bits per heavy atom. The second-order valence-electron chi connectivity index (χ2n) is 5.65. The number of hydrogen-bond acceptors (Lipinski definition) is 5. The number of thiophene rings is 1. The summed E-state index contributed by atoms with van der Waals surface area (Å²) in [6.45, 7) is 5.73. The lowest BCUT2D eigenvalue weighted by Crippen LogP contribution is -2.19. The third kappa shape index (κ3) is 2.96. The van der Waals surface area contributed by atoms with Crippen LogP contribution >= 0.6 is 11.3 Å². The number of benzene rings is 1. The van der Waals surface area contributed by atoms with E-state index in [1.54, 1.807) is 11.3 Å². The molecule has 2 N–H and O–H groups in total. The molecule has 2 aromatic heterocycles. The van der Waals surface area contributed by atoms with Gasteiger partial charge in [-0.2, -0.15) is 0 Å². The van der Waals surface area contributed by atoms with E-state index in [1.165, 1.54) is 16.0 Å². The summed E-state index contributed by atoms with van der Waals surface area (Å²) in [5.74, 6) is 1.37. The van der Waals surface area contributed by atoms with Crippen molar-refractivity contribution in [3.05, 3.63) is 52.2 Å². The van der Waals surface area contributed by atoms with E-state index >= 15 is 0 Å². The fourth-order valence-corrected chi connectivity index (χ4v) is 3.65. The molecule has 0 radical (unpaired) electrons. The van der Waals surface area contributed by atoms with Gasteiger partial charge in [-0.15, -0.1) is 11.3 Å². The molecule has 2 heterocycles. The van der Waals surface area contributed by atoms with E-state index in [-0.39, 0.29) is 0 Å². The quantitative estimate of drug-likeness (QED) is 0.801. The van der Waals surface area contributed by atoms with Gasteiger partial charge in [0.2, 0.25) is 0 Å². The van der Waals surface area contributed by atoms with Crippen LogP contribution in [0.3, 0.4) is 0 Å². The van der Waals surface area contributed by atoms with Crippen molar-refractivity contribution in [1.29, 1.82) is 0 Å². The summed E-state index contributed by atoms with van der Waals surface area (Å²) < 4.78 is 0. The van der Waals surface area contributed by atoms with Gasteiger partial charge in [0.05, 0.1) is 11.9 Å². The molecule has 114 valence electrons. The number of fused-ring (bicyclic) bond motifs is 1. The smallest absolute Gasteiger partial charge is 0.146 e. The lowest BCUT2D eigenvalue weighted by molar-refractivity contribution is 0.311. The molecule has 0 amide bonds. The van der Waals surface area contributed by atoms with E-state index in [4.69, 9.17) is 5.73 Å². The van der Waals surface area contributed by atoms with E-state index in [0.717, 1.165) is 22.6 Å². The molecule has 0 fully saturated rings. The van der Waals surface area contributed by atoms with Crippen LogP contribution in [0.25, 0.3) is 10.2 Å². The lowest BCUT2D eigenvalue weighted by Gasteiger charge is -2.16. The molecule has 0 atom stereocenters. The lowest BCUT2D eigenvalue weighted by atomic mass is 10.2. The summed E-state index contributed by atoms with van der Waals surface area (Å²) in [5, 5.41) is 1.01. The number of hydrogen-bond donors (Lipinski definition) is 1. The van der Waals surface area contributed by atoms with Gasteiger partial charge < -0.3 is 5.73 Å². The highest BCUT2D eigenvalue weighted by molar-refractivity contribution is 7.18. The van der Waals surface area contributed by atoms with Crippen molar-refractivity contribution in [3.8, 4) is 0 Å². The van der Waals surface area contributed by atoms with Crippen LogP contribution in [0.5, 0.6) is 0 Å². The Hall–Kier alpha value is -1.98. The Labute approximate surface area is 134 Å². The first-order valence-corrected chi connectivity index (χ1v) is 8.11. The average molecular weight is 312 g/mol. The topological polar surface area (TPSA) is 55.0 Å². The molecule has 0 aliphatic carbocycles. The minimum absolute atomic E-state index is 0.593. The Morgan fingerprint density at radius 3 is 2.55 bits per heavy atom. The third-order valence-corrected chi connectivity index (χ3v) is 4.91. The minimum Gasteiger partial charge on any atom is -0.383 e. The number of nitrogens with zero attached hydrogens (tertiary/aromatic N) is 3. The molecule has 0 saturated carbocycles. The molecule has 0 aliphatic rings. The van der Waals surface area contributed by atoms with Crippen molar-refractivity contribution in [2.75, 3.05) is 12.8 Å². The zero-order valence-corrected chi connectivity index (χ0v) is 13.9. The van der Waals surface area contributed by atoms with Crippen LogP contribution in [0.4, 0.5) is 5.82 Å². The van der Waals surface area contributed by atoms with Crippen molar-refractivity contribution in [2.24, 2.45) is 0 Å². The number of aromatic nitrogens is 2. The largest absolute Gasteiger partial charge is 0.383 e. The second kappa shape index (κ2) is 6.02. The van der Waals surface area contributed by atoms with Gasteiger partial charge >= 0.3 is 0 Å². The summed E-state index contributed by atoms with van der Waals surface area (Å²) in [5.41, 5.74) is 8.61. The predicted molar refractivity (Wildman–Crippen MR) is 92.9 cm³/mol. The van der Waals surface area contributed by atoms with Gasteiger partial charge in [0.25, 0.3) is 0 Å². The third-order valence-electron chi connectivity index (χ3n) is 3.81. The van der Waals surface area contributed by atoms with Crippen LogP contribution in [0, 0.1) is 13.8 Å². The molecule has 3 aromatic rings. The Bertz CT molecular complexity index is 795. The summed E-state index contributed by atoms with van der Waals surface area (Å²) >= 11 is 1.69. The highest BCUT2D eigenvalue weighted by Gasteiger charge is 2.13. The average Bonchev–Trinajstić information content (AvgIpc) is 2.75. The maximum atomic E-state index is 6.14. The molecule has 0 unspecified atom stereocenters. The van der Waals surface area contributed by atoms with Gasteiger partial charge in [-0.3, -0.25) is 4.90 Å². The van der Waals surface area contributed by atoms with E-state index in [2.05, 4.69) is 60.0 Å². The number of aryl methyl sites for hydroxylation is 2. The molecule has 22 heavy (non-hydrogen) atoms. The highest BCUT2D eigenvalue weighted by Crippen LogP contribution is 2.31. The Kier molecular flexibility index (Phi) is 4.09. The number of anilines is 1. The van der Waals surface area contributed by atoms with E-state index in [1.807, 2.05) is 6.07 Å². The second-order valence-corrected chi connectivity index (χ2v) is 6.85. The zero-order chi connectivity index (χ0) is 15.7. The molecular weight excluding hydrogens is 292 g/mol. The zero-order valence-electron chi connectivity index (χ0n) is 13.1. The first-order valence-electron chi connectivity index (χ1n) is 7.29. The molecule has 0 saturated heterocycles. The predicted octanol–water partition coefficient (Wildman–Crippen LogP) is 3.52. The molecular formula is C17H20N4S. The first kappa shape index (κ1) is 14.9. The molecule has 5 heteroatoms. The number of rotatable bonds is 4. The summed E-state index contributed by atoms with van der Waals surface area (Å²) in [6, 6.07) is 10.4. The fourth-order valence-electron chi connectivity index (χ4n) is 2.59. The van der Waals surface area contributed by atoms with Gasteiger partial charge in [0, 0.05) is 11.4 Å². The fraction of sp³-hybridized carbons (Fsp3) is 0.294. The van der Waals surface area contributed by atoms with Crippen molar-refractivity contribution < 1.29 is 0 Å². The summed E-state index contributed by atoms with van der Waals surface area (Å²) in [4.78, 5) is 13.6. The first-order chi connectivity index (χ1) is 10.5. The molecule has 0 spiro atoms. The number of nitrogens with two attached hydrogens (primary N) is 1. The summed E-state index contributed by atoms with van der Waals surface area (Å²) in [7, 11) is 2.07. The van der Waals surface area contributed by atoms with Crippen LogP contribution in [0.2, 0.25) is 0 Å². The Morgan fingerprint density at radius 2 is 1.82 bits per heavy atom. The maximum Gasteiger partial charge on any atom is 0.146 e. The number of nitrogen functional groups attached to an aromatic ring is 1. The summed E-state index contributed by atoms with van der Waals surface area (Å²) in [6.07, 6.45) is 0. The maximum absolute atomic E-state index is 6.14. The van der Waals surface area contributed by atoms with Gasteiger partial charge in [0.1, 0.15) is 16.5 Å². The molecule has 1 aromatic carbocycles. The van der Waals surface area contributed by atoms with Gasteiger partial charge in [-0.25, -0.2) is 9.97 Å². The highest BCUT2D eigenvalue weighted by atomic mass is 32.1. The van der Waals surface area contributed by atoms with Gasteiger partial charge in [-0.05, 0) is 32.0 Å². The Balaban J connectivity index is 1.82. The normalized spacial score (nSPS) is 11.5. The van der Waals surface area contributed by atoms with E-state index in [0.29, 0.717) is 12.4 Å². The van der Waals surface area contributed by atoms with Crippen LogP contribution in [0.1, 0.15) is 21.8 Å². The molecule has 0 aliphatic heterocycles. The van der Waals surface area contributed by atoms with Crippen molar-refractivity contribution in [1.82, 2.24) is 14.9 Å². The molecule has 3 rings (SSSR count). The van der Waals surface area contributed by atoms with Crippen LogP contribution in [0.15, 0.2) is 30.3 Å². The van der Waals surface area contributed by atoms with Crippen molar-refractivity contribution >= 4 is 27.4 Å². The van der Waals surface area contributed by atoms with Crippen molar-refractivity contribution in [3.63, 3.8) is 0 Å². The minimum atomic E-state index is 0.593. The van der Waals surface area contributed by atoms with Crippen LogP contribution in [-0.4, -0.2) is 21.9 Å². The van der Waals surface area contributed by atoms with Crippen LogP contribution in [-0.2, 0) is 13.1 Å². The molecule has 4 nitrogen and oxygen atoms in total. The van der Waals surface area contributed by atoms with E-state index < -0.39 is 0 Å². The van der Waals surface area contributed by atoms with E-state index in [9.17, 15) is 0 Å². The van der Waals surface area contributed by atoms with Crippen molar-refractivity contribution in [2.45, 2.75) is 26.9 Å².